The summed E-state index contributed by atoms with van der Waals surface area (Å²) in [6, 6.07) is 16.7. The number of allylic oxidation sites excluding steroid dienone is 5. The first-order valence-corrected chi connectivity index (χ1v) is 15.5. The molecular formula is C35H38N8O3. The number of anilines is 2. The number of rotatable bonds is 6. The van der Waals surface area contributed by atoms with Crippen LogP contribution in [0.4, 0.5) is 21.0 Å². The van der Waals surface area contributed by atoms with E-state index in [1.54, 1.807) is 6.21 Å². The Labute approximate surface area is 268 Å². The van der Waals surface area contributed by atoms with Gasteiger partial charge in [0.25, 0.3) is 0 Å². The Morgan fingerprint density at radius 1 is 0.978 bits per heavy atom. The third-order valence-corrected chi connectivity index (χ3v) is 8.10. The number of hydrogen-bond donors (Lipinski definition) is 3. The Morgan fingerprint density at radius 2 is 1.72 bits per heavy atom. The third-order valence-electron chi connectivity index (χ3n) is 8.10. The summed E-state index contributed by atoms with van der Waals surface area (Å²) < 4.78 is 7.30. The van der Waals surface area contributed by atoms with Crippen LogP contribution in [-0.2, 0) is 11.3 Å². The van der Waals surface area contributed by atoms with Gasteiger partial charge in [-0.05, 0) is 66.5 Å². The van der Waals surface area contributed by atoms with Crippen LogP contribution in [0.1, 0.15) is 18.9 Å². The number of para-hydroxylation sites is 1. The van der Waals surface area contributed by atoms with E-state index in [-0.39, 0.29) is 12.1 Å². The maximum absolute atomic E-state index is 13.0. The largest absolute Gasteiger partial charge is 0.378 e. The van der Waals surface area contributed by atoms with Gasteiger partial charge in [-0.15, -0.1) is 0 Å². The molecule has 0 unspecified atom stereocenters. The quantitative estimate of drug-likeness (QED) is 0.327. The van der Waals surface area contributed by atoms with E-state index in [1.807, 2.05) is 94.4 Å². The molecule has 236 valence electrons. The topological polar surface area (TPSA) is 116 Å². The summed E-state index contributed by atoms with van der Waals surface area (Å²) in [4.78, 5) is 29.2. The fourth-order valence-corrected chi connectivity index (χ4v) is 5.60. The van der Waals surface area contributed by atoms with Crippen molar-refractivity contribution >= 4 is 35.2 Å². The molecule has 4 amide bonds. The summed E-state index contributed by atoms with van der Waals surface area (Å²) in [6.45, 7) is 10.8. The molecule has 0 spiro atoms. The lowest BCUT2D eigenvalue weighted by Gasteiger charge is -2.34. The van der Waals surface area contributed by atoms with Crippen LogP contribution >= 0.6 is 0 Å². The van der Waals surface area contributed by atoms with Crippen LogP contribution in [0.5, 0.6) is 0 Å². The van der Waals surface area contributed by atoms with Crippen LogP contribution in [-0.4, -0.2) is 77.2 Å². The molecule has 11 heteroatoms. The molecule has 0 saturated carbocycles. The Bertz CT molecular complexity index is 1710. The number of morpholine rings is 1. The van der Waals surface area contributed by atoms with Crippen molar-refractivity contribution in [1.82, 2.24) is 25.0 Å². The Kier molecular flexibility index (Phi) is 9.40. The van der Waals surface area contributed by atoms with Crippen molar-refractivity contribution in [2.75, 3.05) is 50.0 Å². The van der Waals surface area contributed by atoms with Crippen molar-refractivity contribution in [3.8, 4) is 11.3 Å². The number of aromatic nitrogens is 2. The second-order valence-electron chi connectivity index (χ2n) is 11.1. The Balaban J connectivity index is 1.18. The van der Waals surface area contributed by atoms with Crippen molar-refractivity contribution in [3.05, 3.63) is 108 Å². The van der Waals surface area contributed by atoms with E-state index in [1.165, 1.54) is 0 Å². The third kappa shape index (κ3) is 7.10. The smallest absolute Gasteiger partial charge is 0.323 e. The lowest BCUT2D eigenvalue weighted by molar-refractivity contribution is 0.0440. The predicted molar refractivity (Wildman–Crippen MR) is 181 cm³/mol. The van der Waals surface area contributed by atoms with Gasteiger partial charge in [-0.1, -0.05) is 43.0 Å². The van der Waals surface area contributed by atoms with Gasteiger partial charge in [-0.25, -0.2) is 9.59 Å². The highest BCUT2D eigenvalue weighted by molar-refractivity contribution is 6.00. The molecule has 3 aliphatic rings. The Morgan fingerprint density at radius 3 is 2.41 bits per heavy atom. The van der Waals surface area contributed by atoms with Crippen LogP contribution in [0.2, 0.25) is 0 Å². The number of carbonyl (C=O) groups is 2. The summed E-state index contributed by atoms with van der Waals surface area (Å²) in [5.74, 6) is 0. The fraction of sp³-hybridized carbons (Fsp3) is 0.257. The number of nitrogens with one attached hydrogen (secondary N) is 3. The first-order chi connectivity index (χ1) is 22.5. The number of carbonyl (C=O) groups excluding carboxylic acids is 2. The van der Waals surface area contributed by atoms with E-state index < -0.39 is 0 Å². The molecule has 3 aliphatic heterocycles. The zero-order valence-electron chi connectivity index (χ0n) is 25.9. The number of amides is 4. The molecule has 0 aliphatic carbocycles. The molecule has 0 bridgehead atoms. The number of hydrogen-bond acceptors (Lipinski definition) is 6. The van der Waals surface area contributed by atoms with E-state index in [4.69, 9.17) is 9.84 Å². The summed E-state index contributed by atoms with van der Waals surface area (Å²) in [7, 11) is 0. The molecule has 11 nitrogen and oxygen atoms in total. The van der Waals surface area contributed by atoms with Crippen LogP contribution < -0.4 is 16.1 Å². The average molecular weight is 619 g/mol. The van der Waals surface area contributed by atoms with E-state index in [2.05, 4.69) is 33.8 Å². The van der Waals surface area contributed by atoms with Gasteiger partial charge >= 0.3 is 12.1 Å². The number of hydrazone groups is 1. The molecule has 3 aromatic rings. The molecule has 1 saturated heterocycles. The molecule has 4 heterocycles. The minimum absolute atomic E-state index is 0.0607. The highest BCUT2D eigenvalue weighted by Gasteiger charge is 2.25. The van der Waals surface area contributed by atoms with Gasteiger partial charge in [-0.2, -0.15) is 10.2 Å². The number of benzene rings is 2. The van der Waals surface area contributed by atoms with Gasteiger partial charge in [0.2, 0.25) is 0 Å². The van der Waals surface area contributed by atoms with Crippen LogP contribution in [0, 0.1) is 0 Å². The fourth-order valence-electron chi connectivity index (χ4n) is 5.60. The molecule has 3 N–H and O–H groups in total. The lowest BCUT2D eigenvalue weighted by atomic mass is 9.94. The molecule has 46 heavy (non-hydrogen) atoms. The zero-order chi connectivity index (χ0) is 31.9. The van der Waals surface area contributed by atoms with E-state index in [0.29, 0.717) is 58.0 Å². The summed E-state index contributed by atoms with van der Waals surface area (Å²) in [5, 5.41) is 15.0. The molecule has 0 radical (unpaired) electrons. The van der Waals surface area contributed by atoms with Crippen molar-refractivity contribution in [2.24, 2.45) is 5.10 Å². The number of urea groups is 2. The predicted octanol–water partition coefficient (Wildman–Crippen LogP) is 5.71. The van der Waals surface area contributed by atoms with E-state index in [0.717, 1.165) is 44.9 Å². The highest BCUT2D eigenvalue weighted by Crippen LogP contribution is 2.34. The molecular weight excluding hydrogens is 580 g/mol. The second kappa shape index (κ2) is 14.1. The number of aryl methyl sites for hydroxylation is 1. The van der Waals surface area contributed by atoms with Gasteiger partial charge in [0, 0.05) is 67.6 Å². The van der Waals surface area contributed by atoms with Crippen LogP contribution in [0.15, 0.2) is 108 Å². The molecule has 1 aromatic heterocycles. The Hall–Kier alpha value is -5.42. The summed E-state index contributed by atoms with van der Waals surface area (Å²) in [5.41, 5.74) is 10.9. The highest BCUT2D eigenvalue weighted by atomic mass is 16.5. The number of nitrogens with zero attached hydrogens (tertiary/aromatic N) is 5. The minimum Gasteiger partial charge on any atom is -0.378 e. The summed E-state index contributed by atoms with van der Waals surface area (Å²) in [6.07, 6.45) is 10.5. The SMILES string of the molecule is C=C1/C=C(/C2=CCN(C(=O)N3CCOCC3)CC2)N/N=C\C=C1c1cn(CC)nc1-c1ccc(NC(=O)Nc2ccccc2)cc1. The molecule has 2 aromatic carbocycles. The number of ether oxygens (including phenoxy) is 1. The standard InChI is InChI=1S/C35H38N8O3/c1-3-43-24-31(33(40-43)27-9-11-29(12-10-27)38-34(44)37-28-7-5-4-6-8-28)30-13-16-36-39-32(23-25(30)2)26-14-17-41(18-15-26)35(45)42-19-21-46-22-20-42/h4-14,16,23-24,39H,2-3,15,17-22H2,1H3,(H2,37,38,44)/b30-13?,32-23-,36-16-. The molecule has 0 atom stereocenters. The van der Waals surface area contributed by atoms with Crippen molar-refractivity contribution in [1.29, 1.82) is 0 Å². The van der Waals surface area contributed by atoms with Crippen LogP contribution in [0.25, 0.3) is 16.8 Å². The van der Waals surface area contributed by atoms with E-state index in [9.17, 15) is 9.59 Å². The monoisotopic (exact) mass is 618 g/mol. The normalized spacial score (nSPS) is 18.6. The van der Waals surface area contributed by atoms with Gasteiger partial charge in [0.15, 0.2) is 0 Å². The lowest BCUT2D eigenvalue weighted by Crippen LogP contribution is -2.49. The first-order valence-electron chi connectivity index (χ1n) is 15.5. The zero-order valence-corrected chi connectivity index (χ0v) is 25.9. The maximum atomic E-state index is 13.0. The van der Waals surface area contributed by atoms with Gasteiger partial charge in [-0.3, -0.25) is 10.1 Å². The van der Waals surface area contributed by atoms with E-state index >= 15 is 0 Å². The maximum Gasteiger partial charge on any atom is 0.323 e. The average Bonchev–Trinajstić information content (AvgIpc) is 3.51. The second-order valence-corrected chi connectivity index (χ2v) is 11.1. The van der Waals surface area contributed by atoms with Gasteiger partial charge in [0.1, 0.15) is 5.69 Å². The minimum atomic E-state index is -0.314. The molecule has 1 fully saturated rings. The van der Waals surface area contributed by atoms with Crippen molar-refractivity contribution in [2.45, 2.75) is 19.9 Å². The molecule has 6 rings (SSSR count). The van der Waals surface area contributed by atoms with Crippen molar-refractivity contribution < 1.29 is 14.3 Å². The van der Waals surface area contributed by atoms with Gasteiger partial charge in [0.05, 0.1) is 18.9 Å². The van der Waals surface area contributed by atoms with Gasteiger partial charge < -0.3 is 25.2 Å². The first kappa shape index (κ1) is 30.6. The van der Waals surface area contributed by atoms with Crippen molar-refractivity contribution in [3.63, 3.8) is 0 Å². The summed E-state index contributed by atoms with van der Waals surface area (Å²) >= 11 is 0. The van der Waals surface area contributed by atoms with Crippen LogP contribution in [0.3, 0.4) is 0 Å².